The van der Waals surface area contributed by atoms with Crippen LogP contribution in [0.25, 0.3) is 9.93 Å². The van der Waals surface area contributed by atoms with Gasteiger partial charge in [-0.25, -0.2) is 0 Å². The average molecular weight is 522 g/mol. The molecule has 10 heteroatoms. The molecule has 1 fully saturated rings. The molecule has 2 aliphatic heterocycles. The van der Waals surface area contributed by atoms with Gasteiger partial charge in [0, 0.05) is 31.1 Å². The number of methoxy groups -OCH3 is 1. The molecule has 1 amide bonds. The third-order valence-corrected chi connectivity index (χ3v) is 9.75. The van der Waals surface area contributed by atoms with Crippen LogP contribution in [0.15, 0.2) is 27.9 Å². The van der Waals surface area contributed by atoms with Gasteiger partial charge in [0.05, 0.1) is 12.8 Å². The maximum atomic E-state index is 13.6. The topological polar surface area (TPSA) is 54.8 Å². The van der Waals surface area contributed by atoms with Crippen LogP contribution in [0.1, 0.15) is 39.5 Å². The van der Waals surface area contributed by atoms with Crippen molar-refractivity contribution in [3.63, 3.8) is 0 Å². The molecule has 0 aliphatic carbocycles. The van der Waals surface area contributed by atoms with Crippen LogP contribution < -0.4 is 24.4 Å². The first-order valence-corrected chi connectivity index (χ1v) is 13.9. The minimum Gasteiger partial charge on any atom is -0.497 e. The Morgan fingerprint density at radius 1 is 1.06 bits per heavy atom. The van der Waals surface area contributed by atoms with Crippen LogP contribution in [0.4, 0.5) is 5.69 Å². The van der Waals surface area contributed by atoms with Crippen molar-refractivity contribution in [3.05, 3.63) is 37.7 Å². The third kappa shape index (κ3) is 4.50. The van der Waals surface area contributed by atoms with Crippen LogP contribution in [0.3, 0.4) is 0 Å². The van der Waals surface area contributed by atoms with Crippen LogP contribution in [0.5, 0.6) is 5.75 Å². The molecule has 0 spiro atoms. The molecule has 2 aliphatic rings. The fourth-order valence-corrected chi connectivity index (χ4v) is 7.64. The van der Waals surface area contributed by atoms with Crippen LogP contribution >= 0.6 is 47.1 Å². The lowest BCUT2D eigenvalue weighted by Crippen LogP contribution is -2.35. The van der Waals surface area contributed by atoms with E-state index in [1.165, 1.54) is 23.1 Å². The molecule has 4 rings (SSSR count). The van der Waals surface area contributed by atoms with E-state index in [2.05, 4.69) is 13.8 Å². The van der Waals surface area contributed by atoms with Gasteiger partial charge < -0.3 is 9.64 Å². The van der Waals surface area contributed by atoms with Gasteiger partial charge in [-0.3, -0.25) is 19.1 Å². The van der Waals surface area contributed by atoms with Crippen LogP contribution in [-0.2, 0) is 11.3 Å². The third-order valence-electron chi connectivity index (χ3n) is 5.63. The fourth-order valence-electron chi connectivity index (χ4n) is 3.72. The van der Waals surface area contributed by atoms with E-state index in [0.717, 1.165) is 51.7 Å². The monoisotopic (exact) mass is 521 g/mol. The number of anilines is 1. The van der Waals surface area contributed by atoms with E-state index in [1.54, 1.807) is 28.3 Å². The highest BCUT2D eigenvalue weighted by molar-refractivity contribution is 8.30. The Balaban J connectivity index is 1.88. The fraction of sp³-hybridized carbons (Fsp3) is 0.435. The molecule has 0 atom stereocenters. The standard InChI is InChI=1S/C23H27N3O3S4/c1-5-7-11-25-19(27)17(21-24(3)15-13-14(29-4)9-10-16(15)31-21)32-22(25)18-20(28)26(12-8-6-2)23(30)33-18/h9-10,13H,5-8,11-12H2,1-4H3/b21-17-,22-18-. The summed E-state index contributed by atoms with van der Waals surface area (Å²) in [5.74, 6) is 0.695. The highest BCUT2D eigenvalue weighted by Gasteiger charge is 2.34. The lowest BCUT2D eigenvalue weighted by atomic mass is 10.3. The summed E-state index contributed by atoms with van der Waals surface area (Å²) >= 11 is 9.81. The van der Waals surface area contributed by atoms with Crippen molar-refractivity contribution in [1.29, 1.82) is 0 Å². The molecule has 0 bridgehead atoms. The number of carbonyl (C=O) groups excluding carboxylic acids is 1. The van der Waals surface area contributed by atoms with E-state index in [0.29, 0.717) is 26.8 Å². The SMILES string of the molecule is CCCCN1C(=O)/C(=c2/s/c(=C3\Sc4ccc(OC)cc4N3C)c(=O)n2CCCC)SC1=S. The van der Waals surface area contributed by atoms with Crippen molar-refractivity contribution < 1.29 is 9.53 Å². The van der Waals surface area contributed by atoms with Gasteiger partial charge in [0.2, 0.25) is 0 Å². The van der Waals surface area contributed by atoms with Gasteiger partial charge in [0.25, 0.3) is 11.5 Å². The summed E-state index contributed by atoms with van der Waals surface area (Å²) in [6.45, 7) is 5.40. The number of nitrogens with zero attached hydrogens (tertiary/aromatic N) is 3. The number of thiocarbonyl (C=S) groups is 1. The lowest BCUT2D eigenvalue weighted by molar-refractivity contribution is -0.120. The second-order valence-electron chi connectivity index (χ2n) is 7.85. The zero-order chi connectivity index (χ0) is 23.7. The Morgan fingerprint density at radius 2 is 1.79 bits per heavy atom. The van der Waals surface area contributed by atoms with E-state index in [9.17, 15) is 9.59 Å². The number of aromatic nitrogens is 1. The predicted molar refractivity (Wildman–Crippen MR) is 144 cm³/mol. The van der Waals surface area contributed by atoms with Crippen molar-refractivity contribution in [1.82, 2.24) is 9.47 Å². The van der Waals surface area contributed by atoms with Crippen molar-refractivity contribution in [2.24, 2.45) is 0 Å². The molecule has 0 radical (unpaired) electrons. The Morgan fingerprint density at radius 3 is 2.48 bits per heavy atom. The summed E-state index contributed by atoms with van der Waals surface area (Å²) < 4.78 is 9.11. The first-order chi connectivity index (χ1) is 15.9. The number of ether oxygens (including phenoxy) is 1. The zero-order valence-electron chi connectivity index (χ0n) is 19.2. The Kier molecular flexibility index (Phi) is 7.57. The van der Waals surface area contributed by atoms with Gasteiger partial charge in [-0.1, -0.05) is 62.4 Å². The van der Waals surface area contributed by atoms with E-state index >= 15 is 0 Å². The number of unbranched alkanes of at least 4 members (excludes halogenated alkanes) is 2. The Hall–Kier alpha value is -1.75. The molecular formula is C23H27N3O3S4. The number of hydrogen-bond acceptors (Lipinski definition) is 8. The molecule has 1 aromatic heterocycles. The Bertz CT molecular complexity index is 1280. The molecule has 0 saturated carbocycles. The van der Waals surface area contributed by atoms with Gasteiger partial charge in [0.1, 0.15) is 29.2 Å². The summed E-state index contributed by atoms with van der Waals surface area (Å²) in [6.07, 6.45) is 3.73. The molecule has 33 heavy (non-hydrogen) atoms. The smallest absolute Gasteiger partial charge is 0.271 e. The van der Waals surface area contributed by atoms with Gasteiger partial charge >= 0.3 is 0 Å². The molecule has 176 valence electrons. The minimum absolute atomic E-state index is 0.0450. The highest BCUT2D eigenvalue weighted by atomic mass is 32.2. The molecule has 0 N–H and O–H groups in total. The number of hydrogen-bond donors (Lipinski definition) is 0. The molecule has 2 aromatic rings. The van der Waals surface area contributed by atoms with Crippen LogP contribution in [-0.4, -0.2) is 40.4 Å². The molecule has 0 unspecified atom stereocenters. The lowest BCUT2D eigenvalue weighted by Gasteiger charge is -2.13. The number of thiazole rings is 1. The van der Waals surface area contributed by atoms with Crippen molar-refractivity contribution in [2.45, 2.75) is 51.0 Å². The quantitative estimate of drug-likeness (QED) is 0.514. The van der Waals surface area contributed by atoms with Gasteiger partial charge in [-0.05, 0) is 25.0 Å². The van der Waals surface area contributed by atoms with Crippen LogP contribution in [0, 0.1) is 0 Å². The van der Waals surface area contributed by atoms with Gasteiger partial charge in [-0.15, -0.1) is 11.3 Å². The van der Waals surface area contributed by atoms with Gasteiger partial charge in [0.15, 0.2) is 0 Å². The first kappa shape index (κ1) is 24.4. The summed E-state index contributed by atoms with van der Waals surface area (Å²) in [6, 6.07) is 5.92. The molecular weight excluding hydrogens is 495 g/mol. The van der Waals surface area contributed by atoms with Crippen molar-refractivity contribution in [2.75, 3.05) is 25.6 Å². The number of benzene rings is 1. The average Bonchev–Trinajstić information content (AvgIpc) is 3.41. The molecule has 1 saturated heterocycles. The summed E-state index contributed by atoms with van der Waals surface area (Å²) in [4.78, 5) is 32.2. The molecule has 3 heterocycles. The maximum Gasteiger partial charge on any atom is 0.271 e. The van der Waals surface area contributed by atoms with E-state index < -0.39 is 0 Å². The zero-order valence-corrected chi connectivity index (χ0v) is 22.4. The number of thioether (sulfide) groups is 2. The summed E-state index contributed by atoms with van der Waals surface area (Å²) in [7, 11) is 3.61. The summed E-state index contributed by atoms with van der Waals surface area (Å²) in [5, 5.41) is 0.881. The van der Waals surface area contributed by atoms with E-state index in [4.69, 9.17) is 17.0 Å². The summed E-state index contributed by atoms with van der Waals surface area (Å²) in [5.41, 5.74) is 0.964. The Labute approximate surface area is 211 Å². The second-order valence-corrected chi connectivity index (χ2v) is 11.5. The number of rotatable bonds is 7. The predicted octanol–water partition coefficient (Wildman–Crippen LogP) is 3.79. The normalized spacial score (nSPS) is 19.0. The van der Waals surface area contributed by atoms with E-state index in [1.807, 2.05) is 30.1 Å². The number of carbonyl (C=O) groups is 1. The molecule has 1 aromatic carbocycles. The first-order valence-electron chi connectivity index (χ1n) is 11.0. The minimum atomic E-state index is -0.0815. The van der Waals surface area contributed by atoms with Crippen molar-refractivity contribution in [3.8, 4) is 5.75 Å². The van der Waals surface area contributed by atoms with Gasteiger partial charge in [-0.2, -0.15) is 0 Å². The highest BCUT2D eigenvalue weighted by Crippen LogP contribution is 2.46. The number of amides is 1. The largest absolute Gasteiger partial charge is 0.497 e. The maximum absolute atomic E-state index is 13.6. The van der Waals surface area contributed by atoms with Crippen LogP contribution in [0.2, 0.25) is 0 Å². The number of fused-ring (bicyclic) bond motifs is 1. The second kappa shape index (κ2) is 10.2. The molecule has 6 nitrogen and oxygen atoms in total. The van der Waals surface area contributed by atoms with Crippen molar-refractivity contribution >= 4 is 72.9 Å². The van der Waals surface area contributed by atoms with E-state index in [-0.39, 0.29) is 11.5 Å².